The molecule has 1 heterocycles. The number of ether oxygens (including phenoxy) is 1. The van der Waals surface area contributed by atoms with Crippen LogP contribution in [0, 0.1) is 5.82 Å². The Kier molecular flexibility index (Phi) is 5.02. The maximum Gasteiger partial charge on any atom is 0.126 e. The van der Waals surface area contributed by atoms with Crippen LogP contribution < -0.4 is 5.32 Å². The van der Waals surface area contributed by atoms with Crippen molar-refractivity contribution < 1.29 is 9.13 Å². The first-order chi connectivity index (χ1) is 9.04. The molecular formula is C14H20ClFN2O. The van der Waals surface area contributed by atoms with Crippen LogP contribution in [0.25, 0.3) is 0 Å². The molecule has 1 unspecified atom stereocenters. The van der Waals surface area contributed by atoms with E-state index in [4.69, 9.17) is 16.3 Å². The van der Waals surface area contributed by atoms with Gasteiger partial charge in [-0.05, 0) is 32.0 Å². The van der Waals surface area contributed by atoms with Crippen molar-refractivity contribution in [2.24, 2.45) is 0 Å². The van der Waals surface area contributed by atoms with Crippen LogP contribution in [-0.2, 0) is 4.74 Å². The molecule has 0 saturated carbocycles. The summed E-state index contributed by atoms with van der Waals surface area (Å²) in [6.07, 6.45) is 0.123. The zero-order valence-corrected chi connectivity index (χ0v) is 12.1. The molecule has 1 aliphatic heterocycles. The van der Waals surface area contributed by atoms with Gasteiger partial charge in [-0.1, -0.05) is 11.6 Å². The van der Waals surface area contributed by atoms with E-state index in [0.717, 1.165) is 19.7 Å². The average Bonchev–Trinajstić information content (AvgIpc) is 2.35. The molecule has 0 radical (unpaired) electrons. The molecule has 5 heteroatoms. The topological polar surface area (TPSA) is 24.5 Å². The van der Waals surface area contributed by atoms with Crippen molar-refractivity contribution in [1.82, 2.24) is 4.90 Å². The summed E-state index contributed by atoms with van der Waals surface area (Å²) in [6, 6.07) is 4.97. The van der Waals surface area contributed by atoms with Crippen LogP contribution in [0.15, 0.2) is 18.2 Å². The van der Waals surface area contributed by atoms with Crippen LogP contribution in [0.1, 0.15) is 13.8 Å². The monoisotopic (exact) mass is 286 g/mol. The lowest BCUT2D eigenvalue weighted by molar-refractivity contribution is -0.0315. The van der Waals surface area contributed by atoms with Gasteiger partial charge in [0.1, 0.15) is 5.82 Å². The van der Waals surface area contributed by atoms with Crippen LogP contribution in [0.2, 0.25) is 5.02 Å². The first kappa shape index (κ1) is 14.6. The Morgan fingerprint density at radius 2 is 2.26 bits per heavy atom. The predicted molar refractivity (Wildman–Crippen MR) is 76.3 cm³/mol. The summed E-state index contributed by atoms with van der Waals surface area (Å²) in [5.74, 6) is -0.330. The summed E-state index contributed by atoms with van der Waals surface area (Å²) >= 11 is 5.82. The Morgan fingerprint density at radius 3 is 2.95 bits per heavy atom. The minimum atomic E-state index is -0.330. The molecule has 3 nitrogen and oxygen atoms in total. The molecule has 1 N–H and O–H groups in total. The molecule has 2 rings (SSSR count). The summed E-state index contributed by atoms with van der Waals surface area (Å²) in [5.41, 5.74) is 0.690. The van der Waals surface area contributed by atoms with Gasteiger partial charge in [-0.3, -0.25) is 4.90 Å². The van der Waals surface area contributed by atoms with Gasteiger partial charge in [0.2, 0.25) is 0 Å². The van der Waals surface area contributed by atoms with Crippen LogP contribution >= 0.6 is 11.6 Å². The Hall–Kier alpha value is -0.840. The molecule has 1 aromatic rings. The summed E-state index contributed by atoms with van der Waals surface area (Å²) in [6.45, 7) is 7.63. The van der Waals surface area contributed by atoms with Crippen LogP contribution in [0.4, 0.5) is 10.1 Å². The highest BCUT2D eigenvalue weighted by molar-refractivity contribution is 6.30. The van der Waals surface area contributed by atoms with Gasteiger partial charge in [0.25, 0.3) is 0 Å². The Balaban J connectivity index is 1.87. The second-order valence-electron chi connectivity index (χ2n) is 5.12. The summed E-state index contributed by atoms with van der Waals surface area (Å²) in [5, 5.41) is 3.58. The molecule has 0 spiro atoms. The lowest BCUT2D eigenvalue weighted by Crippen LogP contribution is -2.48. The summed E-state index contributed by atoms with van der Waals surface area (Å²) in [4.78, 5) is 2.38. The largest absolute Gasteiger partial charge is 0.382 e. The molecule has 19 heavy (non-hydrogen) atoms. The van der Waals surface area contributed by atoms with Crippen molar-refractivity contribution in [3.05, 3.63) is 29.0 Å². The number of halogens is 2. The van der Waals surface area contributed by atoms with Gasteiger partial charge in [0, 0.05) is 36.4 Å². The second-order valence-corrected chi connectivity index (χ2v) is 5.56. The van der Waals surface area contributed by atoms with Crippen LogP contribution in [0.3, 0.4) is 0 Å². The number of anilines is 1. The fraction of sp³-hybridized carbons (Fsp3) is 0.571. The molecule has 1 fully saturated rings. The summed E-state index contributed by atoms with van der Waals surface area (Å²) in [7, 11) is 0. The van der Waals surface area contributed by atoms with Gasteiger partial charge in [-0.2, -0.15) is 0 Å². The number of benzene rings is 1. The number of hydrogen-bond acceptors (Lipinski definition) is 3. The number of rotatable bonds is 4. The van der Waals surface area contributed by atoms with Crippen molar-refractivity contribution >= 4 is 17.3 Å². The fourth-order valence-electron chi connectivity index (χ4n) is 2.22. The van der Waals surface area contributed by atoms with E-state index in [1.807, 2.05) is 0 Å². The Bertz CT molecular complexity index is 408. The molecule has 1 atom stereocenters. The molecule has 1 saturated heterocycles. The van der Waals surface area contributed by atoms with E-state index in [2.05, 4.69) is 24.1 Å². The van der Waals surface area contributed by atoms with E-state index >= 15 is 0 Å². The molecular weight excluding hydrogens is 267 g/mol. The smallest absolute Gasteiger partial charge is 0.126 e. The van der Waals surface area contributed by atoms with Crippen molar-refractivity contribution in [3.63, 3.8) is 0 Å². The number of hydrogen-bond donors (Lipinski definition) is 1. The molecule has 0 aliphatic carbocycles. The van der Waals surface area contributed by atoms with Crippen LogP contribution in [-0.4, -0.2) is 43.3 Å². The van der Waals surface area contributed by atoms with E-state index in [9.17, 15) is 4.39 Å². The first-order valence-electron chi connectivity index (χ1n) is 6.60. The number of nitrogens with zero attached hydrogens (tertiary/aromatic N) is 1. The summed E-state index contributed by atoms with van der Waals surface area (Å²) < 4.78 is 18.9. The normalized spacial score (nSPS) is 20.8. The highest BCUT2D eigenvalue weighted by Crippen LogP contribution is 2.18. The van der Waals surface area contributed by atoms with E-state index in [-0.39, 0.29) is 11.9 Å². The second kappa shape index (κ2) is 6.55. The van der Waals surface area contributed by atoms with Gasteiger partial charge in [0.05, 0.1) is 12.7 Å². The van der Waals surface area contributed by atoms with Crippen molar-refractivity contribution in [2.45, 2.75) is 26.0 Å². The van der Waals surface area contributed by atoms with Gasteiger partial charge in [-0.15, -0.1) is 0 Å². The molecule has 1 aliphatic rings. The van der Waals surface area contributed by atoms with Gasteiger partial charge in [0.15, 0.2) is 0 Å². The minimum Gasteiger partial charge on any atom is -0.382 e. The van der Waals surface area contributed by atoms with Crippen molar-refractivity contribution in [3.8, 4) is 0 Å². The maximum atomic E-state index is 13.2. The van der Waals surface area contributed by atoms with Crippen molar-refractivity contribution in [1.29, 1.82) is 0 Å². The third-order valence-electron chi connectivity index (χ3n) is 3.30. The van der Waals surface area contributed by atoms with Gasteiger partial charge in [-0.25, -0.2) is 4.39 Å². The predicted octanol–water partition coefficient (Wildman–Crippen LogP) is 3.00. The van der Waals surface area contributed by atoms with E-state index < -0.39 is 0 Å². The lowest BCUT2D eigenvalue weighted by Gasteiger charge is -2.35. The number of morpholine rings is 1. The number of nitrogens with one attached hydrogen (secondary N) is 1. The zero-order valence-electron chi connectivity index (χ0n) is 11.3. The van der Waals surface area contributed by atoms with Crippen molar-refractivity contribution in [2.75, 3.05) is 31.6 Å². The molecule has 0 amide bonds. The lowest BCUT2D eigenvalue weighted by atomic mass is 10.2. The molecule has 0 aromatic heterocycles. The molecule has 1 aromatic carbocycles. The standard InChI is InChI=1S/C14H20ClFN2O/c1-10(2)18-3-4-19-14(9-18)8-17-13-6-11(15)5-12(16)7-13/h5-7,10,14,17H,3-4,8-9H2,1-2H3. The van der Waals surface area contributed by atoms with E-state index in [1.165, 1.54) is 12.1 Å². The zero-order chi connectivity index (χ0) is 13.8. The highest BCUT2D eigenvalue weighted by atomic mass is 35.5. The highest BCUT2D eigenvalue weighted by Gasteiger charge is 2.21. The molecule has 0 bridgehead atoms. The third kappa shape index (κ3) is 4.34. The van der Waals surface area contributed by atoms with Crippen LogP contribution in [0.5, 0.6) is 0 Å². The Labute approximate surface area is 118 Å². The first-order valence-corrected chi connectivity index (χ1v) is 6.98. The minimum absolute atomic E-state index is 0.123. The molecule has 106 valence electrons. The quantitative estimate of drug-likeness (QED) is 0.921. The SMILES string of the molecule is CC(C)N1CCOC(CNc2cc(F)cc(Cl)c2)C1. The van der Waals surface area contributed by atoms with E-state index in [1.54, 1.807) is 6.07 Å². The van der Waals surface area contributed by atoms with Gasteiger partial charge >= 0.3 is 0 Å². The third-order valence-corrected chi connectivity index (χ3v) is 3.52. The maximum absolute atomic E-state index is 13.2. The fourth-order valence-corrected chi connectivity index (χ4v) is 2.44. The Morgan fingerprint density at radius 1 is 1.47 bits per heavy atom. The van der Waals surface area contributed by atoms with E-state index in [0.29, 0.717) is 23.3 Å². The average molecular weight is 287 g/mol. The van der Waals surface area contributed by atoms with Gasteiger partial charge < -0.3 is 10.1 Å².